The molecule has 10 nitrogen and oxygen atoms in total. The standard InChI is InChI=1S/C27H22ClN7O3/c28-21-11-4-1-8-18(21)26(36)32-14-7-15-33(17-16-32)27-29-22-12-5-2-9-19(22)24-30-31-25(34(24)27)20-10-3-6-13-23(20)35(37)38/h1-6,8-13H,7,14-17H2. The maximum absolute atomic E-state index is 13.2. The summed E-state index contributed by atoms with van der Waals surface area (Å²) < 4.78 is 1.79. The van der Waals surface area contributed by atoms with Gasteiger partial charge in [-0.2, -0.15) is 0 Å². The predicted molar refractivity (Wildman–Crippen MR) is 145 cm³/mol. The number of para-hydroxylation sites is 2. The molecule has 0 unspecified atom stereocenters. The minimum atomic E-state index is -0.422. The maximum Gasteiger partial charge on any atom is 0.280 e. The smallest absolute Gasteiger partial charge is 0.280 e. The van der Waals surface area contributed by atoms with Crippen LogP contribution in [0.15, 0.2) is 72.8 Å². The van der Waals surface area contributed by atoms with Gasteiger partial charge >= 0.3 is 0 Å². The second kappa shape index (κ2) is 9.71. The molecule has 2 aromatic heterocycles. The average molecular weight is 528 g/mol. The van der Waals surface area contributed by atoms with E-state index in [4.69, 9.17) is 16.6 Å². The Hall–Kier alpha value is -4.57. The van der Waals surface area contributed by atoms with Gasteiger partial charge in [-0.15, -0.1) is 10.2 Å². The van der Waals surface area contributed by atoms with Crippen molar-refractivity contribution < 1.29 is 9.72 Å². The van der Waals surface area contributed by atoms with Gasteiger partial charge < -0.3 is 9.80 Å². The molecule has 0 atom stereocenters. The highest BCUT2D eigenvalue weighted by Crippen LogP contribution is 2.33. The molecule has 1 fully saturated rings. The van der Waals surface area contributed by atoms with Crippen molar-refractivity contribution in [2.24, 2.45) is 0 Å². The number of carbonyl (C=O) groups is 1. The van der Waals surface area contributed by atoms with Gasteiger partial charge in [0.25, 0.3) is 11.6 Å². The molecule has 0 saturated carbocycles. The lowest BCUT2D eigenvalue weighted by Gasteiger charge is -2.24. The first-order valence-electron chi connectivity index (χ1n) is 12.2. The van der Waals surface area contributed by atoms with E-state index in [0.29, 0.717) is 66.2 Å². The molecule has 0 spiro atoms. The molecule has 1 aliphatic rings. The number of anilines is 1. The first-order valence-corrected chi connectivity index (χ1v) is 12.6. The SMILES string of the molecule is O=C(c1ccccc1Cl)N1CCCN(c2nc3ccccc3c3nnc(-c4ccccc4[N+](=O)[O-])n23)CC1. The Kier molecular flexibility index (Phi) is 6.09. The highest BCUT2D eigenvalue weighted by molar-refractivity contribution is 6.33. The number of nitro benzene ring substituents is 1. The minimum absolute atomic E-state index is 0.0618. The summed E-state index contributed by atoms with van der Waals surface area (Å²) >= 11 is 6.29. The summed E-state index contributed by atoms with van der Waals surface area (Å²) in [5, 5.41) is 21.9. The fourth-order valence-corrected chi connectivity index (χ4v) is 5.12. The van der Waals surface area contributed by atoms with Crippen LogP contribution >= 0.6 is 11.6 Å². The molecule has 0 N–H and O–H groups in total. The Balaban J connectivity index is 1.44. The van der Waals surface area contributed by atoms with Crippen LogP contribution in [-0.2, 0) is 0 Å². The number of halogens is 1. The maximum atomic E-state index is 13.2. The topological polar surface area (TPSA) is 110 Å². The normalized spacial score (nSPS) is 14.1. The fraction of sp³-hybridized carbons (Fsp3) is 0.185. The van der Waals surface area contributed by atoms with Crippen LogP contribution in [0.25, 0.3) is 27.9 Å². The summed E-state index contributed by atoms with van der Waals surface area (Å²) in [4.78, 5) is 33.5. The van der Waals surface area contributed by atoms with Crippen LogP contribution in [0, 0.1) is 10.1 Å². The molecule has 1 amide bonds. The number of rotatable bonds is 4. The zero-order valence-electron chi connectivity index (χ0n) is 20.2. The number of nitrogens with zero attached hydrogens (tertiary/aromatic N) is 7. The number of amides is 1. The van der Waals surface area contributed by atoms with Crippen LogP contribution in [0.1, 0.15) is 16.8 Å². The zero-order valence-corrected chi connectivity index (χ0v) is 21.0. The van der Waals surface area contributed by atoms with E-state index >= 15 is 0 Å². The molecule has 38 heavy (non-hydrogen) atoms. The van der Waals surface area contributed by atoms with Gasteiger partial charge in [-0.05, 0) is 36.8 Å². The molecule has 11 heteroatoms. The number of nitro groups is 1. The molecule has 5 aromatic rings. The second-order valence-electron chi connectivity index (χ2n) is 9.00. The minimum Gasteiger partial charge on any atom is -0.340 e. The molecule has 1 aliphatic heterocycles. The lowest BCUT2D eigenvalue weighted by molar-refractivity contribution is -0.384. The Morgan fingerprint density at radius 2 is 1.66 bits per heavy atom. The summed E-state index contributed by atoms with van der Waals surface area (Å²) in [6.07, 6.45) is 0.704. The van der Waals surface area contributed by atoms with Gasteiger partial charge in [0.15, 0.2) is 11.5 Å². The van der Waals surface area contributed by atoms with Crippen molar-refractivity contribution in [1.29, 1.82) is 0 Å². The van der Waals surface area contributed by atoms with Crippen LogP contribution in [0.4, 0.5) is 11.6 Å². The Morgan fingerprint density at radius 1 is 0.895 bits per heavy atom. The van der Waals surface area contributed by atoms with E-state index in [0.717, 1.165) is 10.9 Å². The van der Waals surface area contributed by atoms with Gasteiger partial charge in [-0.1, -0.05) is 48.0 Å². The predicted octanol–water partition coefficient (Wildman–Crippen LogP) is 4.86. The summed E-state index contributed by atoms with van der Waals surface area (Å²) in [6, 6.07) is 21.1. The van der Waals surface area contributed by atoms with E-state index in [1.54, 1.807) is 51.8 Å². The van der Waals surface area contributed by atoms with Crippen molar-refractivity contribution in [3.63, 3.8) is 0 Å². The largest absolute Gasteiger partial charge is 0.340 e. The van der Waals surface area contributed by atoms with Gasteiger partial charge in [0, 0.05) is 37.6 Å². The van der Waals surface area contributed by atoms with Gasteiger partial charge in [0.1, 0.15) is 0 Å². The molecule has 1 saturated heterocycles. The second-order valence-corrected chi connectivity index (χ2v) is 9.41. The van der Waals surface area contributed by atoms with E-state index < -0.39 is 4.92 Å². The van der Waals surface area contributed by atoms with Crippen molar-refractivity contribution in [2.45, 2.75) is 6.42 Å². The Morgan fingerprint density at radius 3 is 2.50 bits per heavy atom. The number of hydrogen-bond donors (Lipinski definition) is 0. The third kappa shape index (κ3) is 4.08. The van der Waals surface area contributed by atoms with Gasteiger partial charge in [-0.25, -0.2) is 9.38 Å². The van der Waals surface area contributed by atoms with Crippen molar-refractivity contribution in [2.75, 3.05) is 31.1 Å². The van der Waals surface area contributed by atoms with Gasteiger partial charge in [-0.3, -0.25) is 14.9 Å². The lowest BCUT2D eigenvalue weighted by atomic mass is 10.1. The van der Waals surface area contributed by atoms with Crippen molar-refractivity contribution in [1.82, 2.24) is 24.5 Å². The van der Waals surface area contributed by atoms with Crippen LogP contribution < -0.4 is 4.90 Å². The molecule has 0 bridgehead atoms. The quantitative estimate of drug-likeness (QED) is 0.242. The summed E-state index contributed by atoms with van der Waals surface area (Å²) in [5.41, 5.74) is 2.07. The third-order valence-electron chi connectivity index (χ3n) is 6.74. The number of carbonyl (C=O) groups excluding carboxylic acids is 1. The number of benzene rings is 3. The van der Waals surface area contributed by atoms with Crippen molar-refractivity contribution in [3.8, 4) is 11.4 Å². The Bertz CT molecular complexity index is 1700. The zero-order chi connectivity index (χ0) is 26.2. The molecule has 190 valence electrons. The fourth-order valence-electron chi connectivity index (χ4n) is 4.90. The first kappa shape index (κ1) is 23.8. The highest BCUT2D eigenvalue weighted by atomic mass is 35.5. The first-order chi connectivity index (χ1) is 18.5. The lowest BCUT2D eigenvalue weighted by Crippen LogP contribution is -2.36. The van der Waals surface area contributed by atoms with Gasteiger partial charge in [0.2, 0.25) is 5.95 Å². The van der Waals surface area contributed by atoms with Crippen LogP contribution in [0.5, 0.6) is 0 Å². The highest BCUT2D eigenvalue weighted by Gasteiger charge is 2.27. The summed E-state index contributed by atoms with van der Waals surface area (Å²) in [7, 11) is 0. The van der Waals surface area contributed by atoms with Crippen LogP contribution in [0.2, 0.25) is 5.02 Å². The third-order valence-corrected chi connectivity index (χ3v) is 7.07. The average Bonchev–Trinajstić information content (AvgIpc) is 3.24. The molecule has 6 rings (SSSR count). The molecular weight excluding hydrogens is 506 g/mol. The molecule has 0 aliphatic carbocycles. The molecule has 3 heterocycles. The van der Waals surface area contributed by atoms with Crippen LogP contribution in [-0.4, -0.2) is 61.5 Å². The van der Waals surface area contributed by atoms with Crippen molar-refractivity contribution >= 4 is 45.7 Å². The molecule has 3 aromatic carbocycles. The van der Waals surface area contributed by atoms with E-state index in [-0.39, 0.29) is 11.6 Å². The van der Waals surface area contributed by atoms with E-state index in [1.807, 2.05) is 24.3 Å². The van der Waals surface area contributed by atoms with Gasteiger partial charge in [0.05, 0.1) is 26.6 Å². The summed E-state index contributed by atoms with van der Waals surface area (Å²) in [5.74, 6) is 0.802. The van der Waals surface area contributed by atoms with Crippen molar-refractivity contribution in [3.05, 3.63) is 93.5 Å². The monoisotopic (exact) mass is 527 g/mol. The molecule has 0 radical (unpaired) electrons. The number of fused-ring (bicyclic) bond motifs is 3. The number of hydrogen-bond acceptors (Lipinski definition) is 7. The Labute approximate surface area is 222 Å². The summed E-state index contributed by atoms with van der Waals surface area (Å²) in [6.45, 7) is 2.16. The van der Waals surface area contributed by atoms with E-state index in [1.165, 1.54) is 6.07 Å². The number of aromatic nitrogens is 4. The molecular formula is C27H22ClN7O3. The van der Waals surface area contributed by atoms with Crippen LogP contribution in [0.3, 0.4) is 0 Å². The van der Waals surface area contributed by atoms with E-state index in [9.17, 15) is 14.9 Å². The van der Waals surface area contributed by atoms with E-state index in [2.05, 4.69) is 15.1 Å².